The number of benzene rings is 1. The number of aliphatic imine (C=N–C) groups is 1. The highest BCUT2D eigenvalue weighted by atomic mass is 32.2. The summed E-state index contributed by atoms with van der Waals surface area (Å²) in [5, 5.41) is 6.59. The minimum atomic E-state index is -3.37. The van der Waals surface area contributed by atoms with Crippen LogP contribution in [0.25, 0.3) is 0 Å². The van der Waals surface area contributed by atoms with Crippen LogP contribution in [0.4, 0.5) is 0 Å². The molecule has 0 amide bonds. The van der Waals surface area contributed by atoms with Crippen molar-refractivity contribution in [2.75, 3.05) is 21.1 Å². The Morgan fingerprint density at radius 3 is 2.36 bits per heavy atom. The van der Waals surface area contributed by atoms with Gasteiger partial charge in [0.1, 0.15) is 0 Å². The molecule has 1 aromatic carbocycles. The van der Waals surface area contributed by atoms with Crippen molar-refractivity contribution < 1.29 is 8.42 Å². The normalized spacial score (nSPS) is 21.8. The van der Waals surface area contributed by atoms with Crippen molar-refractivity contribution in [2.45, 2.75) is 30.8 Å². The Labute approximate surface area is 132 Å². The summed E-state index contributed by atoms with van der Waals surface area (Å²) in [7, 11) is 1.43. The van der Waals surface area contributed by atoms with Crippen molar-refractivity contribution in [3.8, 4) is 0 Å². The predicted octanol–water partition coefficient (Wildman–Crippen LogP) is 1.01. The maximum atomic E-state index is 12.0. The van der Waals surface area contributed by atoms with Crippen molar-refractivity contribution in [3.05, 3.63) is 29.8 Å². The van der Waals surface area contributed by atoms with Gasteiger partial charge in [0.05, 0.1) is 4.90 Å². The first kappa shape index (κ1) is 16.8. The molecule has 1 fully saturated rings. The van der Waals surface area contributed by atoms with Crippen LogP contribution in [0.2, 0.25) is 0 Å². The average Bonchev–Trinajstić information content (AvgIpc) is 3.18. The molecule has 122 valence electrons. The largest absolute Gasteiger partial charge is 0.353 e. The second-order valence-corrected chi connectivity index (χ2v) is 7.97. The smallest absolute Gasteiger partial charge is 0.242 e. The van der Waals surface area contributed by atoms with Crippen molar-refractivity contribution in [1.29, 1.82) is 0 Å². The second-order valence-electron chi connectivity index (χ2n) is 5.82. The van der Waals surface area contributed by atoms with Crippen LogP contribution in [0.1, 0.15) is 18.9 Å². The minimum absolute atomic E-state index is 0.301. The summed E-state index contributed by atoms with van der Waals surface area (Å²) >= 11 is 0. The topological polar surface area (TPSA) is 73.8 Å². The van der Waals surface area contributed by atoms with E-state index in [9.17, 15) is 8.42 Å². The molecule has 2 atom stereocenters. The summed E-state index contributed by atoms with van der Waals surface area (Å²) in [5.41, 5.74) is 1.00. The lowest BCUT2D eigenvalue weighted by molar-refractivity contribution is 0.520. The lowest BCUT2D eigenvalue weighted by Gasteiger charge is -2.13. The van der Waals surface area contributed by atoms with E-state index < -0.39 is 10.0 Å². The summed E-state index contributed by atoms with van der Waals surface area (Å²) in [4.78, 5) is 4.49. The summed E-state index contributed by atoms with van der Waals surface area (Å²) in [6.07, 6.45) is 1.18. The van der Waals surface area contributed by atoms with Gasteiger partial charge in [0, 0.05) is 33.7 Å². The van der Waals surface area contributed by atoms with E-state index in [1.165, 1.54) is 24.8 Å². The highest BCUT2D eigenvalue weighted by molar-refractivity contribution is 7.89. The molecule has 2 rings (SSSR count). The van der Waals surface area contributed by atoms with Crippen molar-refractivity contribution in [3.63, 3.8) is 0 Å². The van der Waals surface area contributed by atoms with E-state index in [0.717, 1.165) is 11.5 Å². The van der Waals surface area contributed by atoms with E-state index in [-0.39, 0.29) is 0 Å². The monoisotopic (exact) mass is 324 g/mol. The van der Waals surface area contributed by atoms with Crippen LogP contribution in [0.5, 0.6) is 0 Å². The first-order valence-corrected chi connectivity index (χ1v) is 8.77. The van der Waals surface area contributed by atoms with Gasteiger partial charge in [0.15, 0.2) is 5.96 Å². The summed E-state index contributed by atoms with van der Waals surface area (Å²) in [5.74, 6) is 1.48. The molecule has 1 aliphatic carbocycles. The van der Waals surface area contributed by atoms with Crippen LogP contribution in [0.3, 0.4) is 0 Å². The highest BCUT2D eigenvalue weighted by Gasteiger charge is 2.33. The number of sulfonamides is 1. The maximum Gasteiger partial charge on any atom is 0.242 e. The molecule has 0 aliphatic heterocycles. The Morgan fingerprint density at radius 2 is 1.91 bits per heavy atom. The van der Waals surface area contributed by atoms with Crippen molar-refractivity contribution in [2.24, 2.45) is 10.9 Å². The lowest BCUT2D eigenvalue weighted by atomic mass is 10.2. The standard InChI is InChI=1S/C15H24N4O2S/c1-11-9-14(11)18-15(16-2)17-10-12-5-7-13(8-6-12)22(20,21)19(3)4/h5-8,11,14H,9-10H2,1-4H3,(H2,16,17,18). The van der Waals surface area contributed by atoms with Gasteiger partial charge in [0.2, 0.25) is 10.0 Å². The van der Waals surface area contributed by atoms with E-state index in [1.807, 2.05) is 12.1 Å². The zero-order chi connectivity index (χ0) is 16.3. The van der Waals surface area contributed by atoms with Gasteiger partial charge in [-0.05, 0) is 30.0 Å². The Morgan fingerprint density at radius 1 is 1.32 bits per heavy atom. The third-order valence-electron chi connectivity index (χ3n) is 3.82. The first-order valence-electron chi connectivity index (χ1n) is 7.33. The SMILES string of the molecule is CN=C(NCc1ccc(S(=O)(=O)N(C)C)cc1)NC1CC1C. The van der Waals surface area contributed by atoms with Crippen LogP contribution in [-0.4, -0.2) is 45.9 Å². The number of guanidine groups is 1. The Balaban J connectivity index is 1.94. The Kier molecular flexibility index (Phi) is 5.08. The van der Waals surface area contributed by atoms with Crippen LogP contribution in [-0.2, 0) is 16.6 Å². The third kappa shape index (κ3) is 3.98. The molecule has 2 N–H and O–H groups in total. The molecule has 0 saturated heterocycles. The maximum absolute atomic E-state index is 12.0. The van der Waals surface area contributed by atoms with E-state index in [1.54, 1.807) is 19.2 Å². The molecule has 22 heavy (non-hydrogen) atoms. The molecule has 0 aromatic heterocycles. The van der Waals surface area contributed by atoms with Gasteiger partial charge in [-0.2, -0.15) is 0 Å². The van der Waals surface area contributed by atoms with Gasteiger partial charge >= 0.3 is 0 Å². The molecular weight excluding hydrogens is 300 g/mol. The van der Waals surface area contributed by atoms with Gasteiger partial charge in [0.25, 0.3) is 0 Å². The fourth-order valence-corrected chi connectivity index (χ4v) is 2.97. The molecule has 1 aliphatic rings. The Bertz CT molecular complexity index is 638. The van der Waals surface area contributed by atoms with Crippen molar-refractivity contribution >= 4 is 16.0 Å². The zero-order valence-corrected chi connectivity index (χ0v) is 14.3. The quantitative estimate of drug-likeness (QED) is 0.626. The fourth-order valence-electron chi connectivity index (χ4n) is 2.07. The Hall–Kier alpha value is -1.60. The minimum Gasteiger partial charge on any atom is -0.353 e. The predicted molar refractivity (Wildman–Crippen MR) is 88.2 cm³/mol. The number of nitrogens with one attached hydrogen (secondary N) is 2. The highest BCUT2D eigenvalue weighted by Crippen LogP contribution is 2.28. The van der Waals surface area contributed by atoms with Gasteiger partial charge < -0.3 is 10.6 Å². The number of rotatable bonds is 5. The number of nitrogens with zero attached hydrogens (tertiary/aromatic N) is 2. The van der Waals surface area contributed by atoms with Crippen LogP contribution in [0, 0.1) is 5.92 Å². The number of hydrogen-bond acceptors (Lipinski definition) is 3. The molecule has 0 radical (unpaired) electrons. The van der Waals surface area contributed by atoms with E-state index in [0.29, 0.717) is 23.4 Å². The second kappa shape index (κ2) is 6.66. The summed E-state index contributed by atoms with van der Waals surface area (Å²) in [6.45, 7) is 2.80. The molecule has 0 heterocycles. The summed E-state index contributed by atoms with van der Waals surface area (Å²) < 4.78 is 25.2. The molecule has 0 bridgehead atoms. The van der Waals surface area contributed by atoms with Gasteiger partial charge in [-0.3, -0.25) is 4.99 Å². The average molecular weight is 324 g/mol. The zero-order valence-electron chi connectivity index (χ0n) is 13.5. The van der Waals surface area contributed by atoms with Crippen LogP contribution in [0.15, 0.2) is 34.2 Å². The van der Waals surface area contributed by atoms with Crippen LogP contribution >= 0.6 is 0 Å². The van der Waals surface area contributed by atoms with Gasteiger partial charge in [-0.1, -0.05) is 19.1 Å². The molecule has 6 nitrogen and oxygen atoms in total. The third-order valence-corrected chi connectivity index (χ3v) is 5.65. The van der Waals surface area contributed by atoms with Gasteiger partial charge in [-0.25, -0.2) is 12.7 Å². The van der Waals surface area contributed by atoms with Crippen LogP contribution < -0.4 is 10.6 Å². The van der Waals surface area contributed by atoms with E-state index >= 15 is 0 Å². The molecular formula is C15H24N4O2S. The fraction of sp³-hybridized carbons (Fsp3) is 0.533. The van der Waals surface area contributed by atoms with Gasteiger partial charge in [-0.15, -0.1) is 0 Å². The van der Waals surface area contributed by atoms with E-state index in [4.69, 9.17) is 0 Å². The summed E-state index contributed by atoms with van der Waals surface area (Å²) in [6, 6.07) is 7.41. The van der Waals surface area contributed by atoms with Crippen molar-refractivity contribution in [1.82, 2.24) is 14.9 Å². The molecule has 1 aromatic rings. The van der Waals surface area contributed by atoms with E-state index in [2.05, 4.69) is 22.5 Å². The molecule has 1 saturated carbocycles. The number of hydrogen-bond donors (Lipinski definition) is 2. The molecule has 0 spiro atoms. The molecule has 2 unspecified atom stereocenters. The lowest BCUT2D eigenvalue weighted by Crippen LogP contribution is -2.38. The molecule has 7 heteroatoms. The first-order chi connectivity index (χ1) is 10.3.